The van der Waals surface area contributed by atoms with Crippen LogP contribution in [-0.4, -0.2) is 31.6 Å². The number of benzene rings is 1. The van der Waals surface area contributed by atoms with Crippen molar-refractivity contribution in [1.29, 1.82) is 0 Å². The maximum atomic E-state index is 11.7. The third-order valence-electron chi connectivity index (χ3n) is 2.07. The van der Waals surface area contributed by atoms with Crippen molar-refractivity contribution in [2.75, 3.05) is 0 Å². The number of carbonyl (C=O) groups is 2. The van der Waals surface area contributed by atoms with Gasteiger partial charge in [0.15, 0.2) is 0 Å². The number of nitrogens with one attached hydrogen (secondary N) is 2. The van der Waals surface area contributed by atoms with Crippen molar-refractivity contribution in [3.63, 3.8) is 0 Å². The molecular formula is C10H11ClN2O5S. The van der Waals surface area contributed by atoms with Crippen LogP contribution in [0.15, 0.2) is 29.2 Å². The van der Waals surface area contributed by atoms with Gasteiger partial charge in [-0.2, -0.15) is 0 Å². The van der Waals surface area contributed by atoms with Gasteiger partial charge in [0.05, 0.1) is 4.90 Å². The van der Waals surface area contributed by atoms with E-state index in [0.29, 0.717) is 5.02 Å². The van der Waals surface area contributed by atoms with Gasteiger partial charge in [-0.05, 0) is 31.2 Å². The molecule has 0 radical (unpaired) electrons. The Morgan fingerprint density at radius 2 is 1.79 bits per heavy atom. The molecule has 0 spiro atoms. The van der Waals surface area contributed by atoms with Gasteiger partial charge in [0, 0.05) is 5.02 Å². The summed E-state index contributed by atoms with van der Waals surface area (Å²) in [5.74, 6) is -1.28. The topological polar surface area (TPSA) is 113 Å². The third kappa shape index (κ3) is 4.42. The molecule has 0 fully saturated rings. The van der Waals surface area contributed by atoms with E-state index in [1.807, 2.05) is 5.32 Å². The average Bonchev–Trinajstić information content (AvgIpc) is 2.28. The Hall–Kier alpha value is -1.80. The Balaban J connectivity index is 2.77. The summed E-state index contributed by atoms with van der Waals surface area (Å²) in [5, 5.41) is 10.9. The minimum Gasteiger partial charge on any atom is -0.480 e. The summed E-state index contributed by atoms with van der Waals surface area (Å²) in [5.41, 5.74) is 0. The highest BCUT2D eigenvalue weighted by atomic mass is 35.5. The van der Waals surface area contributed by atoms with Crippen molar-refractivity contribution in [3.05, 3.63) is 29.3 Å². The molecule has 0 aliphatic carbocycles. The van der Waals surface area contributed by atoms with Crippen molar-refractivity contribution in [2.24, 2.45) is 0 Å². The number of carbonyl (C=O) groups excluding carboxylic acids is 1. The van der Waals surface area contributed by atoms with Crippen LogP contribution in [0.25, 0.3) is 0 Å². The second-order valence-electron chi connectivity index (χ2n) is 3.59. The van der Waals surface area contributed by atoms with Gasteiger partial charge in [-0.1, -0.05) is 11.6 Å². The first-order valence-electron chi connectivity index (χ1n) is 5.04. The molecule has 7 nitrogen and oxygen atoms in total. The summed E-state index contributed by atoms with van der Waals surface area (Å²) < 4.78 is 25.2. The molecule has 9 heteroatoms. The van der Waals surface area contributed by atoms with Gasteiger partial charge >= 0.3 is 12.0 Å². The Kier molecular flexibility index (Phi) is 4.73. The molecule has 0 unspecified atom stereocenters. The molecule has 0 heterocycles. The van der Waals surface area contributed by atoms with E-state index in [2.05, 4.69) is 0 Å². The molecule has 0 bridgehead atoms. The molecule has 1 aromatic rings. The largest absolute Gasteiger partial charge is 0.480 e. The van der Waals surface area contributed by atoms with Crippen LogP contribution in [0.4, 0.5) is 4.79 Å². The van der Waals surface area contributed by atoms with Gasteiger partial charge in [0.1, 0.15) is 6.04 Å². The summed E-state index contributed by atoms with van der Waals surface area (Å²) in [6.45, 7) is 1.21. The second kappa shape index (κ2) is 5.89. The zero-order valence-corrected chi connectivity index (χ0v) is 11.3. The van der Waals surface area contributed by atoms with E-state index in [4.69, 9.17) is 16.7 Å². The Morgan fingerprint density at radius 3 is 2.26 bits per heavy atom. The predicted molar refractivity (Wildman–Crippen MR) is 67.4 cm³/mol. The van der Waals surface area contributed by atoms with Crippen LogP contribution in [0.3, 0.4) is 0 Å². The summed E-state index contributed by atoms with van der Waals surface area (Å²) in [7, 11) is -4.06. The first-order chi connectivity index (χ1) is 8.72. The lowest BCUT2D eigenvalue weighted by Gasteiger charge is -2.11. The molecule has 0 aliphatic heterocycles. The second-order valence-corrected chi connectivity index (χ2v) is 5.71. The summed E-state index contributed by atoms with van der Waals surface area (Å²) >= 11 is 5.61. The van der Waals surface area contributed by atoms with E-state index >= 15 is 0 Å². The average molecular weight is 307 g/mol. The van der Waals surface area contributed by atoms with Crippen LogP contribution < -0.4 is 10.0 Å². The number of hydrogen-bond acceptors (Lipinski definition) is 4. The fraction of sp³-hybridized carbons (Fsp3) is 0.200. The molecule has 19 heavy (non-hydrogen) atoms. The van der Waals surface area contributed by atoms with Crippen LogP contribution in [0.1, 0.15) is 6.92 Å². The standard InChI is InChI=1S/C10H11ClN2O5S/c1-6(9(14)15)12-10(16)13-19(17,18)8-4-2-7(11)3-5-8/h2-6H,1H3,(H,14,15)(H2,12,13,16)/t6-/m1/s1. The number of amides is 2. The third-order valence-corrected chi connectivity index (χ3v) is 3.67. The van der Waals surface area contributed by atoms with Gasteiger partial charge in [-0.3, -0.25) is 4.79 Å². The van der Waals surface area contributed by atoms with Crippen LogP contribution in [0.5, 0.6) is 0 Å². The van der Waals surface area contributed by atoms with Gasteiger partial charge in [0.25, 0.3) is 10.0 Å². The predicted octanol–water partition coefficient (Wildman–Crippen LogP) is 0.801. The van der Waals surface area contributed by atoms with Crippen molar-refractivity contribution in [3.8, 4) is 0 Å². The van der Waals surface area contributed by atoms with Crippen molar-refractivity contribution in [1.82, 2.24) is 10.0 Å². The molecule has 0 aromatic heterocycles. The Bertz CT molecular complexity index is 584. The van der Waals surface area contributed by atoms with Gasteiger partial charge < -0.3 is 10.4 Å². The fourth-order valence-electron chi connectivity index (χ4n) is 1.08. The van der Waals surface area contributed by atoms with Crippen LogP contribution in [-0.2, 0) is 14.8 Å². The minimum absolute atomic E-state index is 0.157. The normalized spacial score (nSPS) is 12.5. The Morgan fingerprint density at radius 1 is 1.26 bits per heavy atom. The molecule has 1 aromatic carbocycles. The number of rotatable bonds is 4. The SMILES string of the molecule is C[C@@H](NC(=O)NS(=O)(=O)c1ccc(Cl)cc1)C(=O)O. The zero-order valence-electron chi connectivity index (χ0n) is 9.75. The maximum absolute atomic E-state index is 11.7. The van der Waals surface area contributed by atoms with E-state index in [1.165, 1.54) is 31.2 Å². The van der Waals surface area contributed by atoms with Crippen LogP contribution in [0, 0.1) is 0 Å². The molecule has 2 amide bonds. The fourth-order valence-corrected chi connectivity index (χ4v) is 2.12. The molecule has 3 N–H and O–H groups in total. The van der Waals surface area contributed by atoms with E-state index in [9.17, 15) is 18.0 Å². The van der Waals surface area contributed by atoms with Crippen molar-refractivity contribution >= 4 is 33.6 Å². The zero-order chi connectivity index (χ0) is 14.6. The number of carboxylic acids is 1. The number of aliphatic carboxylic acids is 1. The lowest BCUT2D eigenvalue weighted by molar-refractivity contribution is -0.138. The lowest BCUT2D eigenvalue weighted by atomic mass is 10.3. The molecule has 104 valence electrons. The van der Waals surface area contributed by atoms with Gasteiger partial charge in [-0.15, -0.1) is 0 Å². The highest BCUT2D eigenvalue weighted by Gasteiger charge is 2.20. The van der Waals surface area contributed by atoms with Gasteiger partial charge in [0.2, 0.25) is 0 Å². The summed E-state index contributed by atoms with van der Waals surface area (Å²) in [6, 6.07) is 2.82. The number of urea groups is 1. The monoisotopic (exact) mass is 306 g/mol. The molecular weight excluding hydrogens is 296 g/mol. The molecule has 0 saturated carbocycles. The number of sulfonamides is 1. The van der Waals surface area contributed by atoms with E-state index in [-0.39, 0.29) is 4.90 Å². The van der Waals surface area contributed by atoms with E-state index in [0.717, 1.165) is 0 Å². The maximum Gasteiger partial charge on any atom is 0.329 e. The number of carboxylic acid groups (broad SMARTS) is 1. The molecule has 0 saturated heterocycles. The first-order valence-corrected chi connectivity index (χ1v) is 6.90. The van der Waals surface area contributed by atoms with Crippen LogP contribution in [0.2, 0.25) is 5.02 Å². The molecule has 0 aliphatic rings. The quantitative estimate of drug-likeness (QED) is 0.761. The van der Waals surface area contributed by atoms with E-state index in [1.54, 1.807) is 4.72 Å². The van der Waals surface area contributed by atoms with E-state index < -0.39 is 28.1 Å². The van der Waals surface area contributed by atoms with Crippen molar-refractivity contribution < 1.29 is 23.1 Å². The summed E-state index contributed by atoms with van der Waals surface area (Å²) in [6.07, 6.45) is 0. The number of hydrogen-bond donors (Lipinski definition) is 3. The summed E-state index contributed by atoms with van der Waals surface area (Å²) in [4.78, 5) is 21.7. The smallest absolute Gasteiger partial charge is 0.329 e. The lowest BCUT2D eigenvalue weighted by Crippen LogP contribution is -2.46. The Labute approximate surface area is 114 Å². The minimum atomic E-state index is -4.06. The number of halogens is 1. The van der Waals surface area contributed by atoms with Gasteiger partial charge in [-0.25, -0.2) is 17.9 Å². The highest BCUT2D eigenvalue weighted by Crippen LogP contribution is 2.13. The first kappa shape index (κ1) is 15.3. The van der Waals surface area contributed by atoms with Crippen LogP contribution >= 0.6 is 11.6 Å². The molecule has 1 atom stereocenters. The molecule has 1 rings (SSSR count). The van der Waals surface area contributed by atoms with Crippen molar-refractivity contribution in [2.45, 2.75) is 17.9 Å². The highest BCUT2D eigenvalue weighted by molar-refractivity contribution is 7.90.